The standard InChI is InChI=1S/C28H43NO8/c1-17(16-34-22(30)15-26(2,3)4)35-23(31)19(29)13-18-11-12-20(36-24(32)27(5,6)7)21(14-18)37-25(33)28(8,9)10/h11-12,14,17,19H,13,15-16,29H2,1-10H3/t17-,19-/m0/s1. The molecular formula is C28H43NO8. The summed E-state index contributed by atoms with van der Waals surface area (Å²) in [6.45, 7) is 17.5. The highest BCUT2D eigenvalue weighted by Gasteiger charge is 2.29. The van der Waals surface area contributed by atoms with Gasteiger partial charge in [-0.3, -0.25) is 19.2 Å². The number of hydrogen-bond donors (Lipinski definition) is 1. The van der Waals surface area contributed by atoms with Crippen molar-refractivity contribution in [2.24, 2.45) is 22.0 Å². The fraction of sp³-hybridized carbons (Fsp3) is 0.643. The predicted octanol–water partition coefficient (Wildman–Crippen LogP) is 4.37. The highest BCUT2D eigenvalue weighted by molar-refractivity contribution is 5.81. The number of benzene rings is 1. The Morgan fingerprint density at radius 2 is 1.35 bits per heavy atom. The monoisotopic (exact) mass is 521 g/mol. The quantitative estimate of drug-likeness (QED) is 0.372. The Balaban J connectivity index is 2.92. The second kappa shape index (κ2) is 12.5. The number of hydrogen-bond acceptors (Lipinski definition) is 9. The molecule has 0 fully saturated rings. The smallest absolute Gasteiger partial charge is 0.323 e. The summed E-state index contributed by atoms with van der Waals surface area (Å²) in [4.78, 5) is 49.3. The Morgan fingerprint density at radius 1 is 0.838 bits per heavy atom. The Hall–Kier alpha value is -2.94. The van der Waals surface area contributed by atoms with Gasteiger partial charge in [0, 0.05) is 0 Å². The van der Waals surface area contributed by atoms with Gasteiger partial charge < -0.3 is 24.7 Å². The minimum atomic E-state index is -1.03. The van der Waals surface area contributed by atoms with E-state index in [2.05, 4.69) is 0 Å². The molecule has 0 aromatic heterocycles. The molecule has 2 N–H and O–H groups in total. The van der Waals surface area contributed by atoms with E-state index in [4.69, 9.17) is 24.7 Å². The van der Waals surface area contributed by atoms with Gasteiger partial charge in [-0.1, -0.05) is 26.8 Å². The van der Waals surface area contributed by atoms with Gasteiger partial charge in [0.15, 0.2) is 11.5 Å². The zero-order valence-corrected chi connectivity index (χ0v) is 23.9. The summed E-state index contributed by atoms with van der Waals surface area (Å²) < 4.78 is 21.5. The molecule has 1 aromatic carbocycles. The van der Waals surface area contributed by atoms with Crippen LogP contribution in [0, 0.1) is 16.2 Å². The van der Waals surface area contributed by atoms with E-state index in [1.54, 1.807) is 54.5 Å². The number of rotatable bonds is 9. The topological polar surface area (TPSA) is 131 Å². The second-order valence-electron chi connectivity index (χ2n) is 12.5. The van der Waals surface area contributed by atoms with E-state index in [1.807, 2.05) is 20.8 Å². The highest BCUT2D eigenvalue weighted by atomic mass is 16.6. The van der Waals surface area contributed by atoms with Gasteiger partial charge in [-0.05, 0) is 78.0 Å². The minimum absolute atomic E-state index is 0.0507. The van der Waals surface area contributed by atoms with Crippen LogP contribution < -0.4 is 15.2 Å². The van der Waals surface area contributed by atoms with Crippen molar-refractivity contribution < 1.29 is 38.1 Å². The molecule has 0 spiro atoms. The van der Waals surface area contributed by atoms with Crippen LogP contribution in [0.4, 0.5) is 0 Å². The van der Waals surface area contributed by atoms with Crippen LogP contribution in [0.3, 0.4) is 0 Å². The highest BCUT2D eigenvalue weighted by Crippen LogP contribution is 2.33. The number of ether oxygens (including phenoxy) is 4. The van der Waals surface area contributed by atoms with Crippen molar-refractivity contribution >= 4 is 23.9 Å². The van der Waals surface area contributed by atoms with Crippen LogP contribution in [-0.2, 0) is 35.1 Å². The molecule has 208 valence electrons. The number of carbonyl (C=O) groups is 4. The van der Waals surface area contributed by atoms with Gasteiger partial charge in [-0.25, -0.2) is 0 Å². The molecule has 0 aliphatic rings. The summed E-state index contributed by atoms with van der Waals surface area (Å²) in [6, 6.07) is 3.62. The molecule has 1 rings (SSSR count). The summed E-state index contributed by atoms with van der Waals surface area (Å²) in [6.07, 6.45) is -0.357. The third kappa shape index (κ3) is 11.8. The molecule has 9 nitrogen and oxygen atoms in total. The van der Waals surface area contributed by atoms with Crippen LogP contribution in [0.5, 0.6) is 11.5 Å². The van der Waals surface area contributed by atoms with Crippen LogP contribution in [0.1, 0.15) is 81.2 Å². The number of nitrogens with two attached hydrogens (primary N) is 1. The second-order valence-corrected chi connectivity index (χ2v) is 12.5. The number of esters is 4. The first-order valence-corrected chi connectivity index (χ1v) is 12.4. The minimum Gasteiger partial charge on any atom is -0.462 e. The van der Waals surface area contributed by atoms with Crippen molar-refractivity contribution in [3.8, 4) is 11.5 Å². The molecule has 0 saturated heterocycles. The number of carbonyl (C=O) groups excluding carboxylic acids is 4. The van der Waals surface area contributed by atoms with Crippen molar-refractivity contribution in [1.82, 2.24) is 0 Å². The Bertz CT molecular complexity index is 979. The van der Waals surface area contributed by atoms with Crippen molar-refractivity contribution in [2.45, 2.75) is 94.2 Å². The molecule has 9 heteroatoms. The van der Waals surface area contributed by atoms with Gasteiger partial charge in [0.05, 0.1) is 17.3 Å². The molecule has 37 heavy (non-hydrogen) atoms. The lowest BCUT2D eigenvalue weighted by Crippen LogP contribution is -2.37. The Morgan fingerprint density at radius 3 is 1.84 bits per heavy atom. The first-order chi connectivity index (χ1) is 16.7. The lowest BCUT2D eigenvalue weighted by Gasteiger charge is -2.21. The van der Waals surface area contributed by atoms with Crippen LogP contribution in [0.2, 0.25) is 0 Å². The van der Waals surface area contributed by atoms with E-state index in [-0.39, 0.29) is 42.3 Å². The summed E-state index contributed by atoms with van der Waals surface area (Å²) in [5.41, 5.74) is 4.85. The molecule has 0 aliphatic heterocycles. The maximum Gasteiger partial charge on any atom is 0.323 e. The van der Waals surface area contributed by atoms with Gasteiger partial charge in [0.1, 0.15) is 18.8 Å². The molecule has 0 amide bonds. The zero-order chi connectivity index (χ0) is 28.8. The first kappa shape index (κ1) is 32.1. The van der Waals surface area contributed by atoms with Crippen molar-refractivity contribution in [3.05, 3.63) is 23.8 Å². The van der Waals surface area contributed by atoms with E-state index in [0.29, 0.717) is 5.56 Å². The molecule has 0 unspecified atom stereocenters. The SMILES string of the molecule is C[C@@H](COC(=O)CC(C)(C)C)OC(=O)[C@@H](N)Cc1ccc(OC(=O)C(C)(C)C)c(OC(=O)C(C)(C)C)c1. The lowest BCUT2D eigenvalue weighted by atomic mass is 9.92. The third-order valence-electron chi connectivity index (χ3n) is 4.87. The van der Waals surface area contributed by atoms with Crippen molar-refractivity contribution in [1.29, 1.82) is 0 Å². The fourth-order valence-electron chi connectivity index (χ4n) is 2.70. The summed E-state index contributed by atoms with van der Waals surface area (Å²) in [5, 5.41) is 0. The molecule has 1 aromatic rings. The van der Waals surface area contributed by atoms with E-state index in [1.165, 1.54) is 12.1 Å². The van der Waals surface area contributed by atoms with Crippen molar-refractivity contribution in [2.75, 3.05) is 6.61 Å². The van der Waals surface area contributed by atoms with Gasteiger partial charge in [0.2, 0.25) is 0 Å². The van der Waals surface area contributed by atoms with E-state index >= 15 is 0 Å². The van der Waals surface area contributed by atoms with Gasteiger partial charge in [0.25, 0.3) is 0 Å². The largest absolute Gasteiger partial charge is 0.462 e. The summed E-state index contributed by atoms with van der Waals surface area (Å²) >= 11 is 0. The van der Waals surface area contributed by atoms with Crippen LogP contribution in [0.15, 0.2) is 18.2 Å². The molecule has 0 aliphatic carbocycles. The van der Waals surface area contributed by atoms with Crippen LogP contribution in [-0.4, -0.2) is 42.6 Å². The normalized spacial score (nSPS) is 13.8. The van der Waals surface area contributed by atoms with Gasteiger partial charge in [-0.2, -0.15) is 0 Å². The zero-order valence-electron chi connectivity index (χ0n) is 23.9. The van der Waals surface area contributed by atoms with Crippen molar-refractivity contribution in [3.63, 3.8) is 0 Å². The van der Waals surface area contributed by atoms with Crippen LogP contribution >= 0.6 is 0 Å². The maximum atomic E-state index is 12.5. The van der Waals surface area contributed by atoms with Gasteiger partial charge in [-0.15, -0.1) is 0 Å². The average Bonchev–Trinajstić information content (AvgIpc) is 2.71. The van der Waals surface area contributed by atoms with E-state index < -0.39 is 40.9 Å². The first-order valence-electron chi connectivity index (χ1n) is 12.4. The molecular weight excluding hydrogens is 478 g/mol. The lowest BCUT2D eigenvalue weighted by molar-refractivity contribution is -0.159. The van der Waals surface area contributed by atoms with E-state index in [9.17, 15) is 19.2 Å². The molecule has 2 atom stereocenters. The Labute approximate surface area is 220 Å². The van der Waals surface area contributed by atoms with Gasteiger partial charge >= 0.3 is 23.9 Å². The predicted molar refractivity (Wildman–Crippen MR) is 139 cm³/mol. The molecule has 0 saturated carbocycles. The Kier molecular flexibility index (Phi) is 10.9. The average molecular weight is 522 g/mol. The molecule has 0 radical (unpaired) electrons. The fourth-order valence-corrected chi connectivity index (χ4v) is 2.70. The molecule has 0 bridgehead atoms. The summed E-state index contributed by atoms with van der Waals surface area (Å²) in [5.74, 6) is -1.92. The summed E-state index contributed by atoms with van der Waals surface area (Å²) in [7, 11) is 0. The van der Waals surface area contributed by atoms with Crippen LogP contribution in [0.25, 0.3) is 0 Å². The maximum absolute atomic E-state index is 12.5. The molecule has 0 heterocycles. The third-order valence-corrected chi connectivity index (χ3v) is 4.87. The van der Waals surface area contributed by atoms with E-state index in [0.717, 1.165) is 0 Å².